The van der Waals surface area contributed by atoms with Crippen molar-refractivity contribution in [3.05, 3.63) is 59.2 Å². The van der Waals surface area contributed by atoms with Crippen molar-refractivity contribution in [1.29, 1.82) is 0 Å². The minimum absolute atomic E-state index is 0.166. The minimum atomic E-state index is -0.166. The molecule has 0 bridgehead atoms. The fourth-order valence-electron chi connectivity index (χ4n) is 2.30. The Morgan fingerprint density at radius 1 is 1.11 bits per heavy atom. The average molecular weight is 271 g/mol. The van der Waals surface area contributed by atoms with E-state index in [0.29, 0.717) is 5.56 Å². The zero-order valence-electron chi connectivity index (χ0n) is 10.6. The molecule has 1 aromatic heterocycles. The predicted octanol–water partition coefficient (Wildman–Crippen LogP) is 4.43. The van der Waals surface area contributed by atoms with E-state index in [-0.39, 0.29) is 5.82 Å². The van der Waals surface area contributed by atoms with Crippen LogP contribution >= 0.6 is 11.3 Å². The summed E-state index contributed by atoms with van der Waals surface area (Å²) < 4.78 is 15.3. The molecule has 0 aliphatic rings. The maximum atomic E-state index is 14.1. The summed E-state index contributed by atoms with van der Waals surface area (Å²) in [6.45, 7) is 0.744. The van der Waals surface area contributed by atoms with Gasteiger partial charge in [0.25, 0.3) is 0 Å². The molecule has 3 heteroatoms. The Morgan fingerprint density at radius 2 is 2.00 bits per heavy atom. The fraction of sp³-hybridized carbons (Fsp3) is 0.125. The van der Waals surface area contributed by atoms with Crippen molar-refractivity contribution < 1.29 is 4.39 Å². The minimum Gasteiger partial charge on any atom is -0.316 e. The Hall–Kier alpha value is -1.71. The second-order valence-electron chi connectivity index (χ2n) is 4.49. The van der Waals surface area contributed by atoms with Crippen LogP contribution in [0, 0.1) is 5.82 Å². The molecule has 0 unspecified atom stereocenters. The summed E-state index contributed by atoms with van der Waals surface area (Å²) >= 11 is 1.65. The number of fused-ring (bicyclic) bond motifs is 1. The normalized spacial score (nSPS) is 11.1. The van der Waals surface area contributed by atoms with Gasteiger partial charge in [-0.1, -0.05) is 24.3 Å². The summed E-state index contributed by atoms with van der Waals surface area (Å²) in [6.07, 6.45) is 0. The quantitative estimate of drug-likeness (QED) is 0.743. The molecule has 0 aliphatic heterocycles. The third kappa shape index (κ3) is 2.27. The van der Waals surface area contributed by atoms with Crippen LogP contribution < -0.4 is 5.32 Å². The Kier molecular flexibility index (Phi) is 3.32. The molecule has 0 saturated heterocycles. The lowest BCUT2D eigenvalue weighted by Gasteiger charge is -2.08. The fourth-order valence-corrected chi connectivity index (χ4v) is 3.23. The third-order valence-corrected chi connectivity index (χ3v) is 4.14. The highest BCUT2D eigenvalue weighted by atomic mass is 32.1. The molecule has 0 saturated carbocycles. The van der Waals surface area contributed by atoms with Crippen molar-refractivity contribution in [2.24, 2.45) is 0 Å². The molecule has 0 radical (unpaired) electrons. The molecule has 0 spiro atoms. The van der Waals surface area contributed by atoms with Gasteiger partial charge in [0.05, 0.1) is 0 Å². The van der Waals surface area contributed by atoms with E-state index in [9.17, 15) is 4.39 Å². The molecule has 1 N–H and O–H groups in total. The smallest absolute Gasteiger partial charge is 0.131 e. The van der Waals surface area contributed by atoms with Gasteiger partial charge >= 0.3 is 0 Å². The van der Waals surface area contributed by atoms with Gasteiger partial charge in [-0.3, -0.25) is 0 Å². The first-order valence-electron chi connectivity index (χ1n) is 6.19. The number of rotatable bonds is 3. The van der Waals surface area contributed by atoms with Crippen molar-refractivity contribution >= 4 is 21.4 Å². The lowest BCUT2D eigenvalue weighted by Crippen LogP contribution is -2.05. The largest absolute Gasteiger partial charge is 0.316 e. The zero-order valence-corrected chi connectivity index (χ0v) is 11.4. The molecule has 96 valence electrons. The number of nitrogens with one attached hydrogen (secondary N) is 1. The van der Waals surface area contributed by atoms with Crippen LogP contribution in [-0.4, -0.2) is 7.05 Å². The van der Waals surface area contributed by atoms with E-state index in [1.165, 1.54) is 5.39 Å². The standard InChI is InChI=1S/C16H14FNS/c1-18-10-11-5-6-15(17)14(9-11)13-4-2-3-12-7-8-19-16(12)13/h2-9,18H,10H2,1H3. The highest BCUT2D eigenvalue weighted by Crippen LogP contribution is 2.34. The van der Waals surface area contributed by atoms with Crippen molar-refractivity contribution in [3.8, 4) is 11.1 Å². The second kappa shape index (κ2) is 5.11. The van der Waals surface area contributed by atoms with Crippen LogP contribution in [0.25, 0.3) is 21.2 Å². The van der Waals surface area contributed by atoms with E-state index in [1.807, 2.05) is 36.7 Å². The zero-order chi connectivity index (χ0) is 13.2. The SMILES string of the molecule is CNCc1ccc(F)c(-c2cccc3ccsc23)c1. The summed E-state index contributed by atoms with van der Waals surface area (Å²) in [7, 11) is 1.89. The molecule has 3 aromatic rings. The van der Waals surface area contributed by atoms with Gasteiger partial charge in [-0.2, -0.15) is 0 Å². The van der Waals surface area contributed by atoms with Gasteiger partial charge in [0.1, 0.15) is 5.82 Å². The lowest BCUT2D eigenvalue weighted by molar-refractivity contribution is 0.630. The molecule has 0 amide bonds. The molecule has 3 rings (SSSR count). The second-order valence-corrected chi connectivity index (χ2v) is 5.41. The number of hydrogen-bond donors (Lipinski definition) is 1. The number of halogens is 1. The topological polar surface area (TPSA) is 12.0 Å². The Balaban J connectivity index is 2.20. The molecular formula is C16H14FNS. The Labute approximate surface area is 115 Å². The van der Waals surface area contributed by atoms with Crippen LogP contribution in [0.5, 0.6) is 0 Å². The van der Waals surface area contributed by atoms with E-state index >= 15 is 0 Å². The molecule has 1 heterocycles. The van der Waals surface area contributed by atoms with E-state index < -0.39 is 0 Å². The summed E-state index contributed by atoms with van der Waals surface area (Å²) in [6, 6.07) is 13.4. The molecular weight excluding hydrogens is 257 g/mol. The van der Waals surface area contributed by atoms with Crippen molar-refractivity contribution in [2.45, 2.75) is 6.54 Å². The lowest BCUT2D eigenvalue weighted by atomic mass is 10.0. The summed E-state index contributed by atoms with van der Waals surface area (Å²) in [5, 5.41) is 6.31. The van der Waals surface area contributed by atoms with Gasteiger partial charge in [-0.05, 0) is 41.6 Å². The first kappa shape index (κ1) is 12.3. The number of hydrogen-bond acceptors (Lipinski definition) is 2. The van der Waals surface area contributed by atoms with E-state index in [2.05, 4.69) is 17.4 Å². The summed E-state index contributed by atoms with van der Waals surface area (Å²) in [5.41, 5.74) is 2.75. The van der Waals surface area contributed by atoms with Gasteiger partial charge in [-0.25, -0.2) is 4.39 Å². The molecule has 0 atom stereocenters. The van der Waals surface area contributed by atoms with Gasteiger partial charge in [0, 0.05) is 22.4 Å². The van der Waals surface area contributed by atoms with Crippen LogP contribution in [-0.2, 0) is 6.54 Å². The summed E-state index contributed by atoms with van der Waals surface area (Å²) in [5.74, 6) is -0.166. The predicted molar refractivity (Wildman–Crippen MR) is 80.0 cm³/mol. The third-order valence-electron chi connectivity index (χ3n) is 3.18. The van der Waals surface area contributed by atoms with Gasteiger partial charge in [0.15, 0.2) is 0 Å². The van der Waals surface area contributed by atoms with Crippen molar-refractivity contribution in [2.75, 3.05) is 7.05 Å². The number of thiophene rings is 1. The van der Waals surface area contributed by atoms with Gasteiger partial charge in [-0.15, -0.1) is 11.3 Å². The van der Waals surface area contributed by atoms with Crippen LogP contribution in [0.2, 0.25) is 0 Å². The summed E-state index contributed by atoms with van der Waals surface area (Å²) in [4.78, 5) is 0. The Morgan fingerprint density at radius 3 is 2.84 bits per heavy atom. The highest BCUT2D eigenvalue weighted by Gasteiger charge is 2.10. The molecule has 0 aliphatic carbocycles. The molecule has 1 nitrogen and oxygen atoms in total. The van der Waals surface area contributed by atoms with Crippen molar-refractivity contribution in [3.63, 3.8) is 0 Å². The monoisotopic (exact) mass is 271 g/mol. The van der Waals surface area contributed by atoms with Crippen molar-refractivity contribution in [1.82, 2.24) is 5.32 Å². The van der Waals surface area contributed by atoms with Crippen LogP contribution in [0.4, 0.5) is 4.39 Å². The molecule has 0 fully saturated rings. The molecule has 19 heavy (non-hydrogen) atoms. The van der Waals surface area contributed by atoms with E-state index in [4.69, 9.17) is 0 Å². The first-order valence-corrected chi connectivity index (χ1v) is 7.07. The van der Waals surface area contributed by atoms with Gasteiger partial charge < -0.3 is 5.32 Å². The highest BCUT2D eigenvalue weighted by molar-refractivity contribution is 7.17. The first-order chi connectivity index (χ1) is 9.29. The Bertz CT molecular complexity index is 718. The maximum Gasteiger partial charge on any atom is 0.131 e. The van der Waals surface area contributed by atoms with E-state index in [1.54, 1.807) is 17.4 Å². The van der Waals surface area contributed by atoms with Gasteiger partial charge in [0.2, 0.25) is 0 Å². The number of benzene rings is 2. The average Bonchev–Trinajstić information content (AvgIpc) is 2.89. The van der Waals surface area contributed by atoms with Crippen LogP contribution in [0.3, 0.4) is 0 Å². The molecule has 2 aromatic carbocycles. The van der Waals surface area contributed by atoms with Crippen LogP contribution in [0.1, 0.15) is 5.56 Å². The maximum absolute atomic E-state index is 14.1. The van der Waals surface area contributed by atoms with Crippen LogP contribution in [0.15, 0.2) is 47.8 Å². The van der Waals surface area contributed by atoms with E-state index in [0.717, 1.165) is 22.4 Å².